The monoisotopic (exact) mass is 354 g/mol. The average molecular weight is 354 g/mol. The Labute approximate surface area is 152 Å². The maximum absolute atomic E-state index is 11.9. The molecule has 6 nitrogen and oxygen atoms in total. The molecule has 0 unspecified atom stereocenters. The van der Waals surface area contributed by atoms with E-state index in [0.717, 1.165) is 11.3 Å². The molecule has 3 N–H and O–H groups in total. The molecule has 0 spiro atoms. The second-order valence-corrected chi connectivity index (χ2v) is 5.68. The van der Waals surface area contributed by atoms with E-state index in [9.17, 15) is 9.59 Å². The van der Waals surface area contributed by atoms with Crippen molar-refractivity contribution in [1.82, 2.24) is 5.32 Å². The maximum atomic E-state index is 11.9. The molecule has 26 heavy (non-hydrogen) atoms. The third-order valence-corrected chi connectivity index (χ3v) is 3.66. The first-order valence-corrected chi connectivity index (χ1v) is 8.24. The van der Waals surface area contributed by atoms with Gasteiger partial charge in [-0.15, -0.1) is 0 Å². The molecule has 6 heteroatoms. The molecular weight excluding hydrogens is 332 g/mol. The second kappa shape index (κ2) is 9.88. The quantitative estimate of drug-likeness (QED) is 0.601. The van der Waals surface area contributed by atoms with E-state index in [0.29, 0.717) is 13.0 Å². The van der Waals surface area contributed by atoms with Gasteiger partial charge in [-0.1, -0.05) is 43.0 Å². The summed E-state index contributed by atoms with van der Waals surface area (Å²) in [6.07, 6.45) is 1.63. The standard InChI is InChI=1S/C20H22N2O4/c1-2-12-26-20(25)22-18(13-15-6-4-3-5-7-15)14-21-17-10-8-16(9-11-17)19(23)24/h2-11,18,21H,1,12-14H2,(H,22,25)(H,23,24)/t18-/m0/s1. The van der Waals surface area contributed by atoms with E-state index in [1.165, 1.54) is 18.2 Å². The molecule has 0 aromatic heterocycles. The number of amides is 1. The van der Waals surface area contributed by atoms with Crippen LogP contribution < -0.4 is 10.6 Å². The lowest BCUT2D eigenvalue weighted by Crippen LogP contribution is -2.41. The molecule has 0 saturated carbocycles. The third kappa shape index (κ3) is 6.32. The topological polar surface area (TPSA) is 87.7 Å². The van der Waals surface area contributed by atoms with Crippen LogP contribution in [0.2, 0.25) is 0 Å². The molecule has 2 aromatic carbocycles. The number of benzene rings is 2. The minimum absolute atomic E-state index is 0.147. The Hall–Kier alpha value is -3.28. The van der Waals surface area contributed by atoms with Crippen LogP contribution in [0.4, 0.5) is 10.5 Å². The fraction of sp³-hybridized carbons (Fsp3) is 0.200. The molecule has 1 amide bonds. The van der Waals surface area contributed by atoms with Gasteiger partial charge in [-0.2, -0.15) is 0 Å². The van der Waals surface area contributed by atoms with Gasteiger partial charge in [0.2, 0.25) is 0 Å². The predicted molar refractivity (Wildman–Crippen MR) is 101 cm³/mol. The van der Waals surface area contributed by atoms with Crippen molar-refractivity contribution in [3.63, 3.8) is 0 Å². The fourth-order valence-corrected chi connectivity index (χ4v) is 2.39. The molecule has 0 radical (unpaired) electrons. The zero-order valence-corrected chi connectivity index (χ0v) is 14.4. The summed E-state index contributed by atoms with van der Waals surface area (Å²) in [5, 5.41) is 15.0. The van der Waals surface area contributed by atoms with Gasteiger partial charge < -0.3 is 20.5 Å². The predicted octanol–water partition coefficient (Wildman–Crippen LogP) is 3.32. The number of hydrogen-bond acceptors (Lipinski definition) is 4. The normalized spacial score (nSPS) is 11.2. The van der Waals surface area contributed by atoms with Crippen LogP contribution in [0.3, 0.4) is 0 Å². The fourth-order valence-electron chi connectivity index (χ4n) is 2.39. The summed E-state index contributed by atoms with van der Waals surface area (Å²) < 4.78 is 4.99. The molecule has 0 heterocycles. The first-order chi connectivity index (χ1) is 12.6. The summed E-state index contributed by atoms with van der Waals surface area (Å²) in [6, 6.07) is 16.1. The number of aromatic carboxylic acids is 1. The van der Waals surface area contributed by atoms with Gasteiger partial charge in [0.15, 0.2) is 0 Å². The molecule has 2 rings (SSSR count). The molecule has 0 saturated heterocycles. The number of alkyl carbamates (subject to hydrolysis) is 1. The van der Waals surface area contributed by atoms with Gasteiger partial charge in [0.1, 0.15) is 6.61 Å². The Morgan fingerprint density at radius 2 is 1.81 bits per heavy atom. The van der Waals surface area contributed by atoms with Crippen molar-refractivity contribution in [3.05, 3.63) is 78.4 Å². The molecule has 0 bridgehead atoms. The van der Waals surface area contributed by atoms with E-state index >= 15 is 0 Å². The van der Waals surface area contributed by atoms with Crippen molar-refractivity contribution < 1.29 is 19.4 Å². The van der Waals surface area contributed by atoms with E-state index in [1.54, 1.807) is 12.1 Å². The summed E-state index contributed by atoms with van der Waals surface area (Å²) in [7, 11) is 0. The van der Waals surface area contributed by atoms with Crippen molar-refractivity contribution >= 4 is 17.7 Å². The van der Waals surface area contributed by atoms with Crippen LogP contribution in [0.15, 0.2) is 67.3 Å². The lowest BCUT2D eigenvalue weighted by atomic mass is 10.1. The number of carboxylic acids is 1. The second-order valence-electron chi connectivity index (χ2n) is 5.68. The lowest BCUT2D eigenvalue weighted by Gasteiger charge is -2.20. The van der Waals surface area contributed by atoms with E-state index in [2.05, 4.69) is 17.2 Å². The van der Waals surface area contributed by atoms with Crippen LogP contribution in [0.25, 0.3) is 0 Å². The van der Waals surface area contributed by atoms with Crippen LogP contribution in [-0.2, 0) is 11.2 Å². The Balaban J connectivity index is 1.98. The Bertz CT molecular complexity index is 729. The Morgan fingerprint density at radius 3 is 2.42 bits per heavy atom. The number of hydrogen-bond donors (Lipinski definition) is 3. The molecule has 136 valence electrons. The summed E-state index contributed by atoms with van der Waals surface area (Å²) >= 11 is 0. The number of rotatable bonds is 9. The third-order valence-electron chi connectivity index (χ3n) is 3.66. The highest BCUT2D eigenvalue weighted by Gasteiger charge is 2.14. The summed E-state index contributed by atoms with van der Waals surface area (Å²) in [5.74, 6) is -0.967. The number of anilines is 1. The minimum Gasteiger partial charge on any atom is -0.478 e. The highest BCUT2D eigenvalue weighted by atomic mass is 16.5. The molecular formula is C20H22N2O4. The Morgan fingerprint density at radius 1 is 1.12 bits per heavy atom. The number of carboxylic acid groups (broad SMARTS) is 1. The first-order valence-electron chi connectivity index (χ1n) is 8.24. The largest absolute Gasteiger partial charge is 0.478 e. The maximum Gasteiger partial charge on any atom is 0.407 e. The van der Waals surface area contributed by atoms with Crippen molar-refractivity contribution in [2.75, 3.05) is 18.5 Å². The summed E-state index contributed by atoms with van der Waals surface area (Å²) in [6.45, 7) is 4.13. The van der Waals surface area contributed by atoms with E-state index < -0.39 is 12.1 Å². The number of nitrogens with one attached hydrogen (secondary N) is 2. The van der Waals surface area contributed by atoms with E-state index in [1.807, 2.05) is 30.3 Å². The van der Waals surface area contributed by atoms with Gasteiger partial charge in [0, 0.05) is 12.2 Å². The van der Waals surface area contributed by atoms with Gasteiger partial charge in [0.05, 0.1) is 11.6 Å². The van der Waals surface area contributed by atoms with Crippen molar-refractivity contribution in [2.24, 2.45) is 0 Å². The highest BCUT2D eigenvalue weighted by Crippen LogP contribution is 2.11. The Kier molecular flexibility index (Phi) is 7.24. The van der Waals surface area contributed by atoms with Crippen molar-refractivity contribution in [3.8, 4) is 0 Å². The van der Waals surface area contributed by atoms with E-state index in [4.69, 9.17) is 9.84 Å². The lowest BCUT2D eigenvalue weighted by molar-refractivity contribution is 0.0697. The number of ether oxygens (including phenoxy) is 1. The smallest absolute Gasteiger partial charge is 0.407 e. The number of carbonyl (C=O) groups is 2. The zero-order chi connectivity index (χ0) is 18.8. The van der Waals surface area contributed by atoms with Crippen LogP contribution >= 0.6 is 0 Å². The summed E-state index contributed by atoms with van der Waals surface area (Å²) in [5.41, 5.74) is 2.08. The number of carbonyl (C=O) groups excluding carboxylic acids is 1. The van der Waals surface area contributed by atoms with Gasteiger partial charge >= 0.3 is 12.1 Å². The molecule has 0 fully saturated rings. The average Bonchev–Trinajstić information content (AvgIpc) is 2.65. The SMILES string of the molecule is C=CCOC(=O)N[C@H](CNc1ccc(C(=O)O)cc1)Cc1ccccc1. The molecule has 0 aliphatic rings. The van der Waals surface area contributed by atoms with Crippen molar-refractivity contribution in [1.29, 1.82) is 0 Å². The molecule has 0 aliphatic carbocycles. The first kappa shape index (κ1) is 19.1. The van der Waals surface area contributed by atoms with Gasteiger partial charge in [-0.25, -0.2) is 9.59 Å². The zero-order valence-electron chi connectivity index (χ0n) is 14.4. The molecule has 2 aromatic rings. The minimum atomic E-state index is -0.967. The summed E-state index contributed by atoms with van der Waals surface area (Å²) in [4.78, 5) is 22.8. The van der Waals surface area contributed by atoms with Crippen LogP contribution in [-0.4, -0.2) is 36.4 Å². The van der Waals surface area contributed by atoms with Gasteiger partial charge in [0.25, 0.3) is 0 Å². The van der Waals surface area contributed by atoms with Crippen LogP contribution in [0, 0.1) is 0 Å². The highest BCUT2D eigenvalue weighted by molar-refractivity contribution is 5.88. The van der Waals surface area contributed by atoms with Gasteiger partial charge in [-0.3, -0.25) is 0 Å². The molecule has 1 atom stereocenters. The van der Waals surface area contributed by atoms with E-state index in [-0.39, 0.29) is 18.2 Å². The van der Waals surface area contributed by atoms with Crippen molar-refractivity contribution in [2.45, 2.75) is 12.5 Å². The molecule has 0 aliphatic heterocycles. The van der Waals surface area contributed by atoms with Crippen LogP contribution in [0.5, 0.6) is 0 Å². The van der Waals surface area contributed by atoms with Gasteiger partial charge in [-0.05, 0) is 36.2 Å². The van der Waals surface area contributed by atoms with Crippen LogP contribution in [0.1, 0.15) is 15.9 Å².